The molecule has 10 nitrogen and oxygen atoms in total. The maximum absolute atomic E-state index is 14.4. The number of nitrogens with two attached hydrogens (primary N) is 1. The average molecular weight is 490 g/mol. The zero-order valence-electron chi connectivity index (χ0n) is 19.3. The van der Waals surface area contributed by atoms with Crippen molar-refractivity contribution in [3.05, 3.63) is 48.3 Å². The quantitative estimate of drug-likeness (QED) is 0.567. The van der Waals surface area contributed by atoms with E-state index in [4.69, 9.17) is 5.73 Å². The van der Waals surface area contributed by atoms with E-state index in [9.17, 15) is 12.8 Å². The molecule has 1 fully saturated rings. The Balaban J connectivity index is 0.000000480. The van der Waals surface area contributed by atoms with Gasteiger partial charge >= 0.3 is 0 Å². The average Bonchev–Trinajstić information content (AvgIpc) is 3.69. The first-order valence-electron chi connectivity index (χ1n) is 10.7. The molecule has 0 radical (unpaired) electrons. The molecular formula is C22H28FN7O3S. The zero-order valence-corrected chi connectivity index (χ0v) is 20.1. The number of benzene rings is 1. The van der Waals surface area contributed by atoms with E-state index in [-0.39, 0.29) is 17.2 Å². The number of hydrogen-bond acceptors (Lipinski definition) is 10. The van der Waals surface area contributed by atoms with Crippen molar-refractivity contribution in [2.45, 2.75) is 37.5 Å². The summed E-state index contributed by atoms with van der Waals surface area (Å²) < 4.78 is 43.2. The first kappa shape index (κ1) is 25.4. The number of aliphatic imine (C=N–C) groups is 1. The second kappa shape index (κ2) is 11.3. The predicted octanol–water partition coefficient (Wildman–Crippen LogP) is 2.95. The van der Waals surface area contributed by atoms with Gasteiger partial charge in [0.05, 0.1) is 11.8 Å². The van der Waals surface area contributed by atoms with Gasteiger partial charge in [-0.3, -0.25) is 4.99 Å². The molecule has 5 rings (SSSR count). The predicted molar refractivity (Wildman–Crippen MR) is 129 cm³/mol. The van der Waals surface area contributed by atoms with E-state index in [0.29, 0.717) is 22.7 Å². The van der Waals surface area contributed by atoms with Crippen molar-refractivity contribution < 1.29 is 17.5 Å². The Hall–Kier alpha value is -3.25. The van der Waals surface area contributed by atoms with Crippen molar-refractivity contribution in [3.63, 3.8) is 0 Å². The first-order valence-corrected chi connectivity index (χ1v) is 12.4. The van der Waals surface area contributed by atoms with E-state index in [1.54, 1.807) is 14.2 Å². The molecule has 2 unspecified atom stereocenters. The molecule has 0 amide bonds. The van der Waals surface area contributed by atoms with Crippen LogP contribution in [0.4, 0.5) is 15.9 Å². The molecule has 182 valence electrons. The number of rotatable bonds is 3. The minimum absolute atomic E-state index is 0.0221. The minimum Gasteiger partial charge on any atom is -0.388 e. The third-order valence-electron chi connectivity index (χ3n) is 4.89. The Bertz CT molecular complexity index is 1260. The highest BCUT2D eigenvalue weighted by Gasteiger charge is 2.34. The van der Waals surface area contributed by atoms with Gasteiger partial charge < -0.3 is 15.8 Å². The molecule has 2 atom stereocenters. The molecule has 1 saturated carbocycles. The Morgan fingerprint density at radius 3 is 2.41 bits per heavy atom. The lowest BCUT2D eigenvalue weighted by atomic mass is 10.1. The SMILES string of the molecule is C1CC1.CC1C(N)=NC(c2cc(Nc3ncnc4nccnc34)ccc2F)CS1(=O)=O.COC. The van der Waals surface area contributed by atoms with Crippen molar-refractivity contribution in [3.8, 4) is 0 Å². The summed E-state index contributed by atoms with van der Waals surface area (Å²) >= 11 is 0. The van der Waals surface area contributed by atoms with Gasteiger partial charge in [-0.25, -0.2) is 32.7 Å². The van der Waals surface area contributed by atoms with Gasteiger partial charge in [0.25, 0.3) is 0 Å². The first-order chi connectivity index (χ1) is 16.3. The lowest BCUT2D eigenvalue weighted by Crippen LogP contribution is -2.40. The van der Waals surface area contributed by atoms with Crippen LogP contribution in [-0.2, 0) is 14.6 Å². The second-order valence-corrected chi connectivity index (χ2v) is 10.2. The maximum atomic E-state index is 14.4. The third-order valence-corrected chi connectivity index (χ3v) is 6.99. The summed E-state index contributed by atoms with van der Waals surface area (Å²) in [5, 5.41) is 2.17. The molecule has 34 heavy (non-hydrogen) atoms. The molecule has 0 saturated heterocycles. The molecule has 1 aliphatic heterocycles. The summed E-state index contributed by atoms with van der Waals surface area (Å²) in [6.45, 7) is 1.47. The Kier molecular flexibility index (Phi) is 8.40. The topological polar surface area (TPSA) is 145 Å². The molecule has 2 aliphatic rings. The number of hydrogen-bond donors (Lipinski definition) is 2. The molecule has 2 aromatic heterocycles. The van der Waals surface area contributed by atoms with Gasteiger partial charge in [0.15, 0.2) is 26.8 Å². The van der Waals surface area contributed by atoms with Crippen molar-refractivity contribution >= 4 is 38.3 Å². The van der Waals surface area contributed by atoms with Crippen molar-refractivity contribution in [1.82, 2.24) is 19.9 Å². The summed E-state index contributed by atoms with van der Waals surface area (Å²) in [5.41, 5.74) is 7.24. The largest absolute Gasteiger partial charge is 0.388 e. The van der Waals surface area contributed by atoms with E-state index in [1.165, 1.54) is 63.1 Å². The fourth-order valence-corrected chi connectivity index (χ4v) is 4.34. The van der Waals surface area contributed by atoms with Crippen LogP contribution in [0.25, 0.3) is 11.2 Å². The number of fused-ring (bicyclic) bond motifs is 1. The summed E-state index contributed by atoms with van der Waals surface area (Å²) in [6.07, 6.45) is 8.87. The van der Waals surface area contributed by atoms with Crippen molar-refractivity contribution in [1.29, 1.82) is 0 Å². The van der Waals surface area contributed by atoms with Gasteiger partial charge in [-0.05, 0) is 25.1 Å². The van der Waals surface area contributed by atoms with E-state index in [2.05, 4.69) is 35.0 Å². The Morgan fingerprint density at radius 2 is 1.76 bits per heavy atom. The number of methoxy groups -OCH3 is 1. The molecule has 1 aliphatic carbocycles. The molecule has 3 aromatic rings. The summed E-state index contributed by atoms with van der Waals surface area (Å²) in [5.74, 6) is -0.504. The number of amidine groups is 1. The van der Waals surface area contributed by atoms with E-state index in [1.807, 2.05) is 0 Å². The van der Waals surface area contributed by atoms with E-state index < -0.39 is 26.9 Å². The van der Waals surface area contributed by atoms with Crippen LogP contribution in [0.3, 0.4) is 0 Å². The zero-order chi connectivity index (χ0) is 24.7. The molecule has 1 aromatic carbocycles. The van der Waals surface area contributed by atoms with Gasteiger partial charge in [-0.1, -0.05) is 19.3 Å². The van der Waals surface area contributed by atoms with E-state index in [0.717, 1.165) is 0 Å². The highest BCUT2D eigenvalue weighted by atomic mass is 32.2. The monoisotopic (exact) mass is 489 g/mol. The highest BCUT2D eigenvalue weighted by molar-refractivity contribution is 7.92. The van der Waals surface area contributed by atoms with Crippen LogP contribution in [0.5, 0.6) is 0 Å². The van der Waals surface area contributed by atoms with Crippen LogP contribution < -0.4 is 11.1 Å². The molecule has 12 heteroatoms. The number of nitrogens with zero attached hydrogens (tertiary/aromatic N) is 5. The fraction of sp³-hybridized carbons (Fsp3) is 0.409. The number of anilines is 2. The van der Waals surface area contributed by atoms with Crippen LogP contribution >= 0.6 is 0 Å². The van der Waals surface area contributed by atoms with E-state index >= 15 is 0 Å². The van der Waals surface area contributed by atoms with Crippen molar-refractivity contribution in [2.75, 3.05) is 25.3 Å². The van der Waals surface area contributed by atoms with Crippen LogP contribution in [0.15, 0.2) is 41.9 Å². The van der Waals surface area contributed by atoms with Crippen LogP contribution in [0.1, 0.15) is 37.8 Å². The van der Waals surface area contributed by atoms with Gasteiger partial charge in [0.2, 0.25) is 0 Å². The maximum Gasteiger partial charge on any atom is 0.183 e. The number of nitrogens with one attached hydrogen (secondary N) is 1. The molecule has 3 heterocycles. The van der Waals surface area contributed by atoms with Gasteiger partial charge in [-0.15, -0.1) is 0 Å². The standard InChI is InChI=1S/C17H16FN7O2S.C3H6.C2H6O/c1-9-15(19)25-13(7-28(9,26)27)11-6-10(2-3-12(11)18)24-17-14-16(22-8-23-17)21-5-4-20-14;1-2-3-1;1-3-2/h2-6,8-9,13H,7H2,1H3,(H2,19,25)(H,21,22,23,24);1-3H2;1-2H3. The summed E-state index contributed by atoms with van der Waals surface area (Å²) in [7, 11) is -0.257. The molecular weight excluding hydrogens is 461 g/mol. The summed E-state index contributed by atoms with van der Waals surface area (Å²) in [4.78, 5) is 20.7. The minimum atomic E-state index is -3.51. The number of aromatic nitrogens is 4. The molecule has 0 bridgehead atoms. The smallest absolute Gasteiger partial charge is 0.183 e. The summed E-state index contributed by atoms with van der Waals surface area (Å²) in [6, 6.07) is 3.33. The Morgan fingerprint density at radius 1 is 1.09 bits per heavy atom. The lowest BCUT2D eigenvalue weighted by Gasteiger charge is -2.24. The normalized spacial score (nSPS) is 20.2. The van der Waals surface area contributed by atoms with Crippen LogP contribution in [0, 0.1) is 5.82 Å². The van der Waals surface area contributed by atoms with Crippen molar-refractivity contribution in [2.24, 2.45) is 10.7 Å². The Labute approximate surface area is 197 Å². The highest BCUT2D eigenvalue weighted by Crippen LogP contribution is 2.31. The van der Waals surface area contributed by atoms with Crippen LogP contribution in [-0.4, -0.2) is 59.4 Å². The number of sulfone groups is 1. The van der Waals surface area contributed by atoms with Gasteiger partial charge in [0.1, 0.15) is 23.2 Å². The number of halogens is 1. The lowest BCUT2D eigenvalue weighted by molar-refractivity contribution is 0.277. The van der Waals surface area contributed by atoms with Gasteiger partial charge in [0, 0.05) is 37.9 Å². The molecule has 3 N–H and O–H groups in total. The third kappa shape index (κ3) is 6.41. The van der Waals surface area contributed by atoms with Crippen LogP contribution in [0.2, 0.25) is 0 Å². The van der Waals surface area contributed by atoms with Gasteiger partial charge in [-0.2, -0.15) is 0 Å². The number of ether oxygens (including phenoxy) is 1. The fourth-order valence-electron chi connectivity index (χ4n) is 2.93. The second-order valence-electron chi connectivity index (χ2n) is 7.82. The molecule has 0 spiro atoms.